The summed E-state index contributed by atoms with van der Waals surface area (Å²) in [4.78, 5) is 13.4. The van der Waals surface area contributed by atoms with Crippen molar-refractivity contribution in [2.24, 2.45) is 0 Å². The van der Waals surface area contributed by atoms with Crippen molar-refractivity contribution in [1.29, 1.82) is 0 Å². The number of aromatic nitrogens is 2. The Hall–Kier alpha value is -2.27. The van der Waals surface area contributed by atoms with Gasteiger partial charge in [-0.3, -0.25) is 4.79 Å². The molecule has 0 aliphatic carbocycles. The van der Waals surface area contributed by atoms with E-state index < -0.39 is 0 Å². The third-order valence-electron chi connectivity index (χ3n) is 3.28. The smallest absolute Gasteiger partial charge is 0.252 e. The highest BCUT2D eigenvalue weighted by Crippen LogP contribution is 2.22. The van der Waals surface area contributed by atoms with Crippen LogP contribution in [0.2, 0.25) is 0 Å². The van der Waals surface area contributed by atoms with Gasteiger partial charge in [-0.15, -0.1) is 11.8 Å². The summed E-state index contributed by atoms with van der Waals surface area (Å²) in [6.45, 7) is 2.50. The second-order valence-corrected chi connectivity index (χ2v) is 6.12. The molecule has 0 saturated heterocycles. The van der Waals surface area contributed by atoms with Gasteiger partial charge in [0.15, 0.2) is 0 Å². The second-order valence-electron chi connectivity index (χ2n) is 4.82. The molecule has 22 heavy (non-hydrogen) atoms. The first-order valence-corrected chi connectivity index (χ1v) is 8.20. The Balaban J connectivity index is 1.72. The summed E-state index contributed by atoms with van der Waals surface area (Å²) in [7, 11) is 0. The van der Waals surface area contributed by atoms with Crippen LogP contribution >= 0.6 is 11.8 Å². The van der Waals surface area contributed by atoms with Gasteiger partial charge in [0.2, 0.25) is 0 Å². The van der Waals surface area contributed by atoms with Crippen molar-refractivity contribution in [3.63, 3.8) is 0 Å². The molecular weight excluding hydrogens is 294 g/mol. The standard InChI is InChI=1S/C17H17N3OS/c1-2-22-16-9-4-3-8-15(16)17(21)18-12-13-11-14-7-5-6-10-20(14)19-13/h3-11H,2,12H2,1H3,(H,18,21). The predicted molar refractivity (Wildman–Crippen MR) is 89.2 cm³/mol. The van der Waals surface area contributed by atoms with E-state index in [0.717, 1.165) is 27.4 Å². The molecule has 1 N–H and O–H groups in total. The number of thioether (sulfide) groups is 1. The number of hydrogen-bond donors (Lipinski definition) is 1. The van der Waals surface area contributed by atoms with E-state index in [2.05, 4.69) is 17.3 Å². The minimum Gasteiger partial charge on any atom is -0.346 e. The number of rotatable bonds is 5. The van der Waals surface area contributed by atoms with E-state index >= 15 is 0 Å². The fourth-order valence-corrected chi connectivity index (χ4v) is 3.08. The molecule has 3 aromatic rings. The molecule has 4 nitrogen and oxygen atoms in total. The highest BCUT2D eigenvalue weighted by Gasteiger charge is 2.11. The van der Waals surface area contributed by atoms with Gasteiger partial charge in [-0.05, 0) is 36.1 Å². The van der Waals surface area contributed by atoms with Gasteiger partial charge < -0.3 is 5.32 Å². The third kappa shape index (κ3) is 3.14. The third-order valence-corrected chi connectivity index (χ3v) is 4.24. The molecule has 2 heterocycles. The maximum atomic E-state index is 12.4. The van der Waals surface area contributed by atoms with Crippen LogP contribution in [0.15, 0.2) is 59.6 Å². The lowest BCUT2D eigenvalue weighted by Crippen LogP contribution is -2.23. The lowest BCUT2D eigenvalue weighted by atomic mass is 10.2. The Kier molecular flexibility index (Phi) is 4.44. The van der Waals surface area contributed by atoms with Crippen molar-refractivity contribution in [2.75, 3.05) is 5.75 Å². The first-order valence-electron chi connectivity index (χ1n) is 7.21. The van der Waals surface area contributed by atoms with Crippen LogP contribution in [0.5, 0.6) is 0 Å². The number of nitrogens with zero attached hydrogens (tertiary/aromatic N) is 2. The summed E-state index contributed by atoms with van der Waals surface area (Å²) in [6.07, 6.45) is 1.90. The Morgan fingerprint density at radius 2 is 2.05 bits per heavy atom. The minimum absolute atomic E-state index is 0.0615. The zero-order chi connectivity index (χ0) is 15.4. The van der Waals surface area contributed by atoms with E-state index in [0.29, 0.717) is 6.54 Å². The fourth-order valence-electron chi connectivity index (χ4n) is 2.28. The lowest BCUT2D eigenvalue weighted by Gasteiger charge is -2.08. The Morgan fingerprint density at radius 3 is 2.86 bits per heavy atom. The lowest BCUT2D eigenvalue weighted by molar-refractivity contribution is 0.0947. The molecule has 0 aliphatic rings. The maximum absolute atomic E-state index is 12.4. The van der Waals surface area contributed by atoms with Crippen LogP contribution in [0.4, 0.5) is 0 Å². The first kappa shape index (κ1) is 14.7. The van der Waals surface area contributed by atoms with E-state index in [9.17, 15) is 4.79 Å². The Labute approximate surface area is 133 Å². The van der Waals surface area contributed by atoms with E-state index in [1.54, 1.807) is 11.8 Å². The zero-order valence-electron chi connectivity index (χ0n) is 12.3. The van der Waals surface area contributed by atoms with E-state index in [1.807, 2.05) is 59.2 Å². The summed E-state index contributed by atoms with van der Waals surface area (Å²) < 4.78 is 1.81. The second kappa shape index (κ2) is 6.66. The van der Waals surface area contributed by atoms with E-state index in [4.69, 9.17) is 0 Å². The minimum atomic E-state index is -0.0615. The number of amides is 1. The average Bonchev–Trinajstić information content (AvgIpc) is 2.96. The van der Waals surface area contributed by atoms with Crippen LogP contribution in [-0.4, -0.2) is 21.3 Å². The molecule has 1 aromatic carbocycles. The molecule has 0 fully saturated rings. The number of carbonyl (C=O) groups excluding carboxylic acids is 1. The molecule has 0 saturated carbocycles. The number of carbonyl (C=O) groups is 1. The molecule has 0 unspecified atom stereocenters. The topological polar surface area (TPSA) is 46.4 Å². The number of nitrogens with one attached hydrogen (secondary N) is 1. The normalized spacial score (nSPS) is 10.8. The van der Waals surface area contributed by atoms with Gasteiger partial charge in [0.1, 0.15) is 0 Å². The number of pyridine rings is 1. The number of fused-ring (bicyclic) bond motifs is 1. The molecule has 2 aromatic heterocycles. The highest BCUT2D eigenvalue weighted by atomic mass is 32.2. The summed E-state index contributed by atoms with van der Waals surface area (Å²) in [5.41, 5.74) is 2.59. The first-order chi connectivity index (χ1) is 10.8. The van der Waals surface area contributed by atoms with Gasteiger partial charge in [-0.2, -0.15) is 5.10 Å². The summed E-state index contributed by atoms with van der Waals surface area (Å²) >= 11 is 1.68. The SMILES string of the molecule is CCSc1ccccc1C(=O)NCc1cc2ccccn2n1. The number of hydrogen-bond acceptors (Lipinski definition) is 3. The van der Waals surface area contributed by atoms with Crippen LogP contribution in [0.1, 0.15) is 23.0 Å². The molecular formula is C17H17N3OS. The highest BCUT2D eigenvalue weighted by molar-refractivity contribution is 7.99. The van der Waals surface area contributed by atoms with Gasteiger partial charge in [0.25, 0.3) is 5.91 Å². The molecule has 5 heteroatoms. The molecule has 1 amide bonds. The zero-order valence-corrected chi connectivity index (χ0v) is 13.1. The quantitative estimate of drug-likeness (QED) is 0.735. The van der Waals surface area contributed by atoms with Crippen LogP contribution in [0.25, 0.3) is 5.52 Å². The monoisotopic (exact) mass is 311 g/mol. The summed E-state index contributed by atoms with van der Waals surface area (Å²) in [5, 5.41) is 7.38. The van der Waals surface area contributed by atoms with Gasteiger partial charge in [0, 0.05) is 11.1 Å². The molecule has 0 aliphatic heterocycles. The van der Waals surface area contributed by atoms with Crippen LogP contribution in [0, 0.1) is 0 Å². The van der Waals surface area contributed by atoms with E-state index in [-0.39, 0.29) is 5.91 Å². The van der Waals surface area contributed by atoms with Crippen LogP contribution < -0.4 is 5.32 Å². The Bertz CT molecular complexity index is 764. The van der Waals surface area contributed by atoms with Gasteiger partial charge in [-0.1, -0.05) is 25.1 Å². The molecule has 0 spiro atoms. The van der Waals surface area contributed by atoms with Gasteiger partial charge in [-0.25, -0.2) is 4.52 Å². The fraction of sp³-hybridized carbons (Fsp3) is 0.176. The summed E-state index contributed by atoms with van der Waals surface area (Å²) in [6, 6.07) is 15.6. The molecule has 112 valence electrons. The maximum Gasteiger partial charge on any atom is 0.252 e. The van der Waals surface area contributed by atoms with Crippen molar-refractivity contribution < 1.29 is 4.79 Å². The van der Waals surface area contributed by atoms with E-state index in [1.165, 1.54) is 0 Å². The molecule has 3 rings (SSSR count). The van der Waals surface area contributed by atoms with Crippen molar-refractivity contribution in [1.82, 2.24) is 14.9 Å². The van der Waals surface area contributed by atoms with Gasteiger partial charge >= 0.3 is 0 Å². The average molecular weight is 311 g/mol. The van der Waals surface area contributed by atoms with Crippen LogP contribution in [0.3, 0.4) is 0 Å². The summed E-state index contributed by atoms with van der Waals surface area (Å²) in [5.74, 6) is 0.880. The van der Waals surface area contributed by atoms with Crippen molar-refractivity contribution in [3.8, 4) is 0 Å². The van der Waals surface area contributed by atoms with Crippen molar-refractivity contribution in [3.05, 3.63) is 66.0 Å². The molecule has 0 radical (unpaired) electrons. The van der Waals surface area contributed by atoms with Gasteiger partial charge in [0.05, 0.1) is 23.3 Å². The Morgan fingerprint density at radius 1 is 1.23 bits per heavy atom. The van der Waals surface area contributed by atoms with Crippen molar-refractivity contribution >= 4 is 23.2 Å². The largest absolute Gasteiger partial charge is 0.346 e. The molecule has 0 bridgehead atoms. The van der Waals surface area contributed by atoms with Crippen molar-refractivity contribution in [2.45, 2.75) is 18.4 Å². The van der Waals surface area contributed by atoms with Crippen LogP contribution in [-0.2, 0) is 6.54 Å². The number of benzene rings is 1. The molecule has 0 atom stereocenters. The predicted octanol–water partition coefficient (Wildman–Crippen LogP) is 3.38.